The number of hydrogen-bond acceptors (Lipinski definition) is 2. The molecule has 2 nitrogen and oxygen atoms in total. The van der Waals surface area contributed by atoms with Gasteiger partial charge in [-0.25, -0.2) is 0 Å². The van der Waals surface area contributed by atoms with E-state index in [4.69, 9.17) is 9.47 Å². The Bertz CT molecular complexity index is 238. The minimum absolute atomic E-state index is 0.0117. The Balaban J connectivity index is 1.94. The molecule has 0 spiro atoms. The monoisotopic (exact) mass is 196 g/mol. The minimum atomic E-state index is 0.0117. The molecule has 1 saturated carbocycles. The average Bonchev–Trinajstić information content (AvgIpc) is 2.79. The zero-order valence-electron chi connectivity index (χ0n) is 9.21. The van der Waals surface area contributed by atoms with Gasteiger partial charge < -0.3 is 9.47 Å². The zero-order chi connectivity index (χ0) is 10.2. The Kier molecular flexibility index (Phi) is 2.44. The van der Waals surface area contributed by atoms with E-state index in [1.54, 1.807) is 0 Å². The summed E-state index contributed by atoms with van der Waals surface area (Å²) in [6.45, 7) is 5.94. The van der Waals surface area contributed by atoms with Gasteiger partial charge in [-0.15, -0.1) is 6.58 Å². The highest BCUT2D eigenvalue weighted by molar-refractivity contribution is 5.17. The van der Waals surface area contributed by atoms with Crippen LogP contribution in [0.1, 0.15) is 39.0 Å². The van der Waals surface area contributed by atoms with Gasteiger partial charge in [0, 0.05) is 7.11 Å². The van der Waals surface area contributed by atoms with Crippen LogP contribution in [-0.2, 0) is 9.47 Å². The van der Waals surface area contributed by atoms with Crippen molar-refractivity contribution in [2.24, 2.45) is 0 Å². The molecule has 2 aliphatic rings. The van der Waals surface area contributed by atoms with Gasteiger partial charge in [-0.05, 0) is 39.0 Å². The van der Waals surface area contributed by atoms with Crippen LogP contribution in [0.2, 0.25) is 0 Å². The Morgan fingerprint density at radius 2 is 2.36 bits per heavy atom. The van der Waals surface area contributed by atoms with Gasteiger partial charge >= 0.3 is 0 Å². The van der Waals surface area contributed by atoms with E-state index in [9.17, 15) is 0 Å². The smallest absolute Gasteiger partial charge is 0.116 e. The Hall–Kier alpha value is -0.340. The SMILES string of the molecule is C=CCCC[C@@]1(OC)CC[C@]2(C)O[C@H]12. The van der Waals surface area contributed by atoms with Gasteiger partial charge in [0.15, 0.2) is 0 Å². The number of methoxy groups -OCH3 is 1. The molecule has 14 heavy (non-hydrogen) atoms. The topological polar surface area (TPSA) is 21.8 Å². The first kappa shape index (κ1) is 10.2. The van der Waals surface area contributed by atoms with Gasteiger partial charge in [-0.2, -0.15) is 0 Å². The highest BCUT2D eigenvalue weighted by Crippen LogP contribution is 2.57. The molecule has 0 N–H and O–H groups in total. The molecule has 0 radical (unpaired) electrons. The van der Waals surface area contributed by atoms with E-state index >= 15 is 0 Å². The van der Waals surface area contributed by atoms with Crippen LogP contribution in [-0.4, -0.2) is 24.4 Å². The highest BCUT2D eigenvalue weighted by atomic mass is 16.6. The van der Waals surface area contributed by atoms with Crippen molar-refractivity contribution in [3.63, 3.8) is 0 Å². The van der Waals surface area contributed by atoms with Crippen molar-refractivity contribution in [1.29, 1.82) is 0 Å². The third-order valence-corrected chi connectivity index (χ3v) is 3.82. The number of rotatable bonds is 5. The van der Waals surface area contributed by atoms with E-state index in [0.29, 0.717) is 6.10 Å². The lowest BCUT2D eigenvalue weighted by atomic mass is 9.93. The maximum absolute atomic E-state index is 5.73. The standard InChI is InChI=1S/C12H20O2/c1-4-5-6-7-12(13-3)9-8-11(2)10(12)14-11/h4,10H,1,5-9H2,2-3H3/t10-,11-,12+/m0/s1. The number of hydrogen-bond donors (Lipinski definition) is 0. The van der Waals surface area contributed by atoms with E-state index in [1.807, 2.05) is 13.2 Å². The van der Waals surface area contributed by atoms with Crippen LogP contribution >= 0.6 is 0 Å². The van der Waals surface area contributed by atoms with Crippen molar-refractivity contribution < 1.29 is 9.47 Å². The summed E-state index contributed by atoms with van der Waals surface area (Å²) in [7, 11) is 1.82. The molecule has 1 saturated heterocycles. The molecule has 80 valence electrons. The Morgan fingerprint density at radius 1 is 1.57 bits per heavy atom. The van der Waals surface area contributed by atoms with Crippen LogP contribution in [0.25, 0.3) is 0 Å². The molecule has 0 aromatic rings. The van der Waals surface area contributed by atoms with Crippen LogP contribution in [0.3, 0.4) is 0 Å². The van der Waals surface area contributed by atoms with Crippen molar-refractivity contribution in [3.05, 3.63) is 12.7 Å². The number of ether oxygens (including phenoxy) is 2. The molecular formula is C12H20O2. The Labute approximate surface area is 86.3 Å². The van der Waals surface area contributed by atoms with Crippen molar-refractivity contribution in [2.75, 3.05) is 7.11 Å². The molecule has 2 heteroatoms. The molecule has 3 atom stereocenters. The molecule has 0 bridgehead atoms. The summed E-state index contributed by atoms with van der Waals surface area (Å²) in [5, 5.41) is 0. The van der Waals surface area contributed by atoms with Crippen LogP contribution < -0.4 is 0 Å². The molecular weight excluding hydrogens is 176 g/mol. The predicted molar refractivity (Wildman–Crippen MR) is 56.3 cm³/mol. The number of epoxide rings is 1. The molecule has 0 aromatic heterocycles. The fourth-order valence-electron chi connectivity index (χ4n) is 2.79. The van der Waals surface area contributed by atoms with E-state index < -0.39 is 0 Å². The van der Waals surface area contributed by atoms with Crippen LogP contribution in [0.5, 0.6) is 0 Å². The second-order valence-electron chi connectivity index (χ2n) is 4.76. The molecule has 1 aliphatic heterocycles. The van der Waals surface area contributed by atoms with E-state index in [2.05, 4.69) is 13.5 Å². The summed E-state index contributed by atoms with van der Waals surface area (Å²) < 4.78 is 11.4. The van der Waals surface area contributed by atoms with E-state index in [-0.39, 0.29) is 11.2 Å². The minimum Gasteiger partial charge on any atom is -0.375 e. The maximum Gasteiger partial charge on any atom is 0.116 e. The lowest BCUT2D eigenvalue weighted by molar-refractivity contribution is -0.0459. The molecule has 0 aromatic carbocycles. The summed E-state index contributed by atoms with van der Waals surface area (Å²) in [5.74, 6) is 0. The largest absolute Gasteiger partial charge is 0.375 e. The number of unbranched alkanes of at least 4 members (excludes halogenated alkanes) is 1. The first-order valence-electron chi connectivity index (χ1n) is 5.51. The highest BCUT2D eigenvalue weighted by Gasteiger charge is 2.68. The lowest BCUT2D eigenvalue weighted by Crippen LogP contribution is -2.35. The van der Waals surface area contributed by atoms with E-state index in [1.165, 1.54) is 0 Å². The fourth-order valence-corrected chi connectivity index (χ4v) is 2.79. The van der Waals surface area contributed by atoms with Crippen molar-refractivity contribution in [1.82, 2.24) is 0 Å². The molecule has 0 amide bonds. The second kappa shape index (κ2) is 3.35. The van der Waals surface area contributed by atoms with Gasteiger partial charge in [0.05, 0.1) is 11.2 Å². The van der Waals surface area contributed by atoms with Gasteiger partial charge in [-0.3, -0.25) is 0 Å². The summed E-state index contributed by atoms with van der Waals surface area (Å²) in [6.07, 6.45) is 7.98. The summed E-state index contributed by atoms with van der Waals surface area (Å²) in [4.78, 5) is 0. The predicted octanol–water partition coefficient (Wildman–Crippen LogP) is 2.68. The van der Waals surface area contributed by atoms with Crippen molar-refractivity contribution in [2.45, 2.75) is 56.3 Å². The van der Waals surface area contributed by atoms with Gasteiger partial charge in [0.1, 0.15) is 6.10 Å². The molecule has 2 fully saturated rings. The van der Waals surface area contributed by atoms with Crippen LogP contribution in [0.15, 0.2) is 12.7 Å². The first-order chi connectivity index (χ1) is 6.67. The van der Waals surface area contributed by atoms with Crippen molar-refractivity contribution >= 4 is 0 Å². The normalized spacial score (nSPS) is 44.9. The fraction of sp³-hybridized carbons (Fsp3) is 0.833. The number of allylic oxidation sites excluding steroid dienone is 1. The third kappa shape index (κ3) is 1.41. The van der Waals surface area contributed by atoms with Crippen LogP contribution in [0.4, 0.5) is 0 Å². The second-order valence-corrected chi connectivity index (χ2v) is 4.76. The van der Waals surface area contributed by atoms with Crippen molar-refractivity contribution in [3.8, 4) is 0 Å². The average molecular weight is 196 g/mol. The third-order valence-electron chi connectivity index (χ3n) is 3.82. The number of fused-ring (bicyclic) bond motifs is 1. The summed E-state index contributed by atoms with van der Waals surface area (Å²) in [5.41, 5.74) is 0.155. The quantitative estimate of drug-likeness (QED) is 0.383. The molecule has 1 aliphatic carbocycles. The van der Waals surface area contributed by atoms with Crippen LogP contribution in [0, 0.1) is 0 Å². The van der Waals surface area contributed by atoms with Gasteiger partial charge in [0.25, 0.3) is 0 Å². The first-order valence-corrected chi connectivity index (χ1v) is 5.51. The molecule has 1 heterocycles. The Morgan fingerprint density at radius 3 is 2.79 bits per heavy atom. The summed E-state index contributed by atoms with van der Waals surface area (Å²) >= 11 is 0. The summed E-state index contributed by atoms with van der Waals surface area (Å²) in [6, 6.07) is 0. The molecule has 0 unspecified atom stereocenters. The van der Waals surface area contributed by atoms with Gasteiger partial charge in [0.2, 0.25) is 0 Å². The maximum atomic E-state index is 5.73. The van der Waals surface area contributed by atoms with E-state index in [0.717, 1.165) is 32.1 Å². The zero-order valence-corrected chi connectivity index (χ0v) is 9.21. The van der Waals surface area contributed by atoms with Gasteiger partial charge in [-0.1, -0.05) is 6.08 Å². The molecule has 2 rings (SSSR count). The lowest BCUT2D eigenvalue weighted by Gasteiger charge is -2.28.